The standard InChI is InChI=1S/C31H39N3O5S/c1-6-24(4)32-31(36)25(5)33(21-26-11-9-8-10-12-26)30(35)22-34(27-15-13-23(3)14-16-27)40(37,38)29-19-17-28(18-20-29)39-7-2/h8-20,24-25H,6-7,21-22H2,1-5H3,(H,32,36)/t24-,25+/m0/s1. The summed E-state index contributed by atoms with van der Waals surface area (Å²) in [6.07, 6.45) is 0.743. The summed E-state index contributed by atoms with van der Waals surface area (Å²) in [4.78, 5) is 28.5. The molecule has 0 aliphatic rings. The minimum absolute atomic E-state index is 0.0292. The molecule has 0 spiro atoms. The van der Waals surface area contributed by atoms with Crippen molar-refractivity contribution in [1.82, 2.24) is 10.2 Å². The second kappa shape index (κ2) is 14.0. The smallest absolute Gasteiger partial charge is 0.264 e. The van der Waals surface area contributed by atoms with Gasteiger partial charge >= 0.3 is 0 Å². The van der Waals surface area contributed by atoms with E-state index >= 15 is 0 Å². The van der Waals surface area contributed by atoms with Gasteiger partial charge in [-0.3, -0.25) is 13.9 Å². The number of nitrogens with one attached hydrogen (secondary N) is 1. The zero-order valence-electron chi connectivity index (χ0n) is 23.8. The van der Waals surface area contributed by atoms with Gasteiger partial charge in [-0.05, 0) is 76.1 Å². The average molecular weight is 566 g/mol. The molecule has 2 atom stereocenters. The third kappa shape index (κ3) is 7.85. The van der Waals surface area contributed by atoms with Crippen molar-refractivity contribution in [3.63, 3.8) is 0 Å². The lowest BCUT2D eigenvalue weighted by Crippen LogP contribution is -2.52. The van der Waals surface area contributed by atoms with Gasteiger partial charge in [0.05, 0.1) is 17.2 Å². The molecule has 2 amide bonds. The summed E-state index contributed by atoms with van der Waals surface area (Å²) >= 11 is 0. The van der Waals surface area contributed by atoms with Crippen LogP contribution in [-0.2, 0) is 26.2 Å². The van der Waals surface area contributed by atoms with Crippen LogP contribution < -0.4 is 14.4 Å². The van der Waals surface area contributed by atoms with E-state index in [1.807, 2.05) is 58.0 Å². The van der Waals surface area contributed by atoms with Crippen LogP contribution in [0.2, 0.25) is 0 Å². The molecule has 3 aromatic rings. The van der Waals surface area contributed by atoms with Crippen LogP contribution in [0.5, 0.6) is 5.75 Å². The zero-order chi connectivity index (χ0) is 29.3. The van der Waals surface area contributed by atoms with Crippen LogP contribution in [-0.4, -0.2) is 50.4 Å². The molecule has 3 aromatic carbocycles. The van der Waals surface area contributed by atoms with E-state index in [9.17, 15) is 18.0 Å². The Balaban J connectivity index is 2.00. The van der Waals surface area contributed by atoms with E-state index in [0.717, 1.165) is 21.9 Å². The molecule has 3 rings (SSSR count). The summed E-state index contributed by atoms with van der Waals surface area (Å²) in [5, 5.41) is 2.94. The van der Waals surface area contributed by atoms with Gasteiger partial charge in [0.2, 0.25) is 11.8 Å². The van der Waals surface area contributed by atoms with Crippen molar-refractivity contribution >= 4 is 27.5 Å². The maximum absolute atomic E-state index is 13.9. The SMILES string of the molecule is CCOc1ccc(S(=O)(=O)N(CC(=O)N(Cc2ccccc2)[C@H](C)C(=O)N[C@@H](C)CC)c2ccc(C)cc2)cc1. The molecule has 1 N–H and O–H groups in total. The molecule has 0 fully saturated rings. The van der Waals surface area contributed by atoms with Crippen LogP contribution in [0.25, 0.3) is 0 Å². The molecule has 0 saturated carbocycles. The fourth-order valence-corrected chi connectivity index (χ4v) is 5.48. The van der Waals surface area contributed by atoms with E-state index in [4.69, 9.17) is 4.74 Å². The molecular weight excluding hydrogens is 526 g/mol. The highest BCUT2D eigenvalue weighted by molar-refractivity contribution is 7.92. The van der Waals surface area contributed by atoms with Gasteiger partial charge in [0.15, 0.2) is 0 Å². The summed E-state index contributed by atoms with van der Waals surface area (Å²) in [6.45, 7) is 9.41. The van der Waals surface area contributed by atoms with Gasteiger partial charge in [-0.1, -0.05) is 55.0 Å². The van der Waals surface area contributed by atoms with Crippen LogP contribution in [0.1, 0.15) is 45.2 Å². The molecule has 0 saturated heterocycles. The van der Waals surface area contributed by atoms with Crippen molar-refractivity contribution < 1.29 is 22.7 Å². The maximum Gasteiger partial charge on any atom is 0.264 e. The molecule has 0 aliphatic carbocycles. The van der Waals surface area contributed by atoms with E-state index in [-0.39, 0.29) is 23.4 Å². The number of amides is 2. The Hall–Kier alpha value is -3.85. The summed E-state index contributed by atoms with van der Waals surface area (Å²) in [6, 6.07) is 21.5. The topological polar surface area (TPSA) is 96.0 Å². The van der Waals surface area contributed by atoms with Crippen molar-refractivity contribution in [3.8, 4) is 5.75 Å². The quantitative estimate of drug-likeness (QED) is 0.317. The average Bonchev–Trinajstić information content (AvgIpc) is 2.95. The molecule has 0 aliphatic heterocycles. The number of carbonyl (C=O) groups is 2. The number of hydrogen-bond donors (Lipinski definition) is 1. The molecule has 0 radical (unpaired) electrons. The predicted molar refractivity (Wildman–Crippen MR) is 158 cm³/mol. The number of sulfonamides is 1. The number of nitrogens with zero attached hydrogens (tertiary/aromatic N) is 2. The molecule has 0 bridgehead atoms. The van der Waals surface area contributed by atoms with Crippen LogP contribution in [0.3, 0.4) is 0 Å². The molecule has 40 heavy (non-hydrogen) atoms. The summed E-state index contributed by atoms with van der Waals surface area (Å²) < 4.78 is 34.4. The monoisotopic (exact) mass is 565 g/mol. The lowest BCUT2D eigenvalue weighted by molar-refractivity contribution is -0.139. The van der Waals surface area contributed by atoms with E-state index in [0.29, 0.717) is 18.0 Å². The number of hydrogen-bond acceptors (Lipinski definition) is 5. The summed E-state index contributed by atoms with van der Waals surface area (Å²) in [5.41, 5.74) is 2.13. The van der Waals surface area contributed by atoms with Crippen LogP contribution in [0.15, 0.2) is 83.8 Å². The van der Waals surface area contributed by atoms with Crippen molar-refractivity contribution in [2.75, 3.05) is 17.5 Å². The maximum atomic E-state index is 13.9. The number of rotatable bonds is 13. The van der Waals surface area contributed by atoms with E-state index in [1.165, 1.54) is 17.0 Å². The Kier molecular flexibility index (Phi) is 10.7. The number of carbonyl (C=O) groups excluding carboxylic acids is 2. The van der Waals surface area contributed by atoms with Gasteiger partial charge < -0.3 is 15.0 Å². The van der Waals surface area contributed by atoms with Gasteiger partial charge in [-0.15, -0.1) is 0 Å². The molecule has 214 valence electrons. The molecule has 0 unspecified atom stereocenters. The number of aryl methyl sites for hydroxylation is 1. The van der Waals surface area contributed by atoms with Crippen molar-refractivity contribution in [2.24, 2.45) is 0 Å². The predicted octanol–water partition coefficient (Wildman–Crippen LogP) is 4.92. The zero-order valence-corrected chi connectivity index (χ0v) is 24.6. The van der Waals surface area contributed by atoms with Gasteiger partial charge in [-0.2, -0.15) is 0 Å². The fourth-order valence-electron chi connectivity index (χ4n) is 4.07. The Morgan fingerprint density at radius 2 is 1.52 bits per heavy atom. The minimum atomic E-state index is -4.14. The first-order chi connectivity index (χ1) is 19.1. The van der Waals surface area contributed by atoms with E-state index in [1.54, 1.807) is 43.3 Å². The van der Waals surface area contributed by atoms with Gasteiger partial charge in [0.25, 0.3) is 10.0 Å². The lowest BCUT2D eigenvalue weighted by Gasteiger charge is -2.32. The highest BCUT2D eigenvalue weighted by atomic mass is 32.2. The largest absolute Gasteiger partial charge is 0.494 e. The number of anilines is 1. The van der Waals surface area contributed by atoms with Gasteiger partial charge in [-0.25, -0.2) is 8.42 Å². The normalized spacial score (nSPS) is 12.7. The molecular formula is C31H39N3O5S. The Morgan fingerprint density at radius 1 is 0.900 bits per heavy atom. The van der Waals surface area contributed by atoms with Crippen molar-refractivity contribution in [2.45, 2.75) is 64.6 Å². The molecule has 8 nitrogen and oxygen atoms in total. The summed E-state index contributed by atoms with van der Waals surface area (Å²) in [5.74, 6) is -0.241. The highest BCUT2D eigenvalue weighted by Gasteiger charge is 2.32. The van der Waals surface area contributed by atoms with Crippen LogP contribution in [0.4, 0.5) is 5.69 Å². The third-order valence-electron chi connectivity index (χ3n) is 6.69. The molecule has 0 aromatic heterocycles. The first-order valence-electron chi connectivity index (χ1n) is 13.5. The first-order valence-corrected chi connectivity index (χ1v) is 15.0. The van der Waals surface area contributed by atoms with E-state index < -0.39 is 28.5 Å². The second-order valence-corrected chi connectivity index (χ2v) is 11.6. The van der Waals surface area contributed by atoms with Gasteiger partial charge in [0.1, 0.15) is 18.3 Å². The van der Waals surface area contributed by atoms with E-state index in [2.05, 4.69) is 5.32 Å². The Morgan fingerprint density at radius 3 is 2.10 bits per heavy atom. The Bertz CT molecular complexity index is 1360. The molecule has 9 heteroatoms. The lowest BCUT2D eigenvalue weighted by atomic mass is 10.1. The van der Waals surface area contributed by atoms with Crippen LogP contribution >= 0.6 is 0 Å². The van der Waals surface area contributed by atoms with Crippen LogP contribution in [0, 0.1) is 6.92 Å². The minimum Gasteiger partial charge on any atom is -0.494 e. The first kappa shape index (κ1) is 30.7. The van der Waals surface area contributed by atoms with Gasteiger partial charge in [0, 0.05) is 12.6 Å². The fraction of sp³-hybridized carbons (Fsp3) is 0.355. The summed E-state index contributed by atoms with van der Waals surface area (Å²) in [7, 11) is -4.14. The van der Waals surface area contributed by atoms with Crippen molar-refractivity contribution in [3.05, 3.63) is 90.0 Å². The van der Waals surface area contributed by atoms with Crippen molar-refractivity contribution in [1.29, 1.82) is 0 Å². The number of ether oxygens (including phenoxy) is 1. The third-order valence-corrected chi connectivity index (χ3v) is 8.48. The molecule has 0 heterocycles. The highest BCUT2D eigenvalue weighted by Crippen LogP contribution is 2.26. The Labute approximate surface area is 238 Å². The number of benzene rings is 3. The second-order valence-electron chi connectivity index (χ2n) is 9.75.